The summed E-state index contributed by atoms with van der Waals surface area (Å²) in [7, 11) is 0. The molecule has 3 rings (SSSR count). The van der Waals surface area contributed by atoms with Crippen molar-refractivity contribution in [2.45, 2.75) is 32.6 Å². The van der Waals surface area contributed by atoms with Gasteiger partial charge in [0.25, 0.3) is 0 Å². The Balaban J connectivity index is 0.00000261. The number of benzene rings is 1. The molecule has 2 heterocycles. The van der Waals surface area contributed by atoms with E-state index in [2.05, 4.69) is 22.5 Å². The van der Waals surface area contributed by atoms with Gasteiger partial charge >= 0.3 is 0 Å². The smallest absolute Gasteiger partial charge is 0.220 e. The van der Waals surface area contributed by atoms with Crippen LogP contribution in [-0.2, 0) is 11.2 Å². The number of hydrogen-bond acceptors (Lipinski definition) is 2. The monoisotopic (exact) mass is 524 g/mol. The fourth-order valence-electron chi connectivity index (χ4n) is 3.90. The van der Waals surface area contributed by atoms with E-state index >= 15 is 0 Å². The average Bonchev–Trinajstić information content (AvgIpc) is 2.93. The topological polar surface area (TPSA) is 56.7 Å². The highest BCUT2D eigenvalue weighted by Crippen LogP contribution is 2.36. The van der Waals surface area contributed by atoms with Crippen LogP contribution in [0.15, 0.2) is 23.2 Å². The summed E-state index contributed by atoms with van der Waals surface area (Å²) in [6.07, 6.45) is 3.60. The summed E-state index contributed by atoms with van der Waals surface area (Å²) in [6, 6.07) is 5.60. The van der Waals surface area contributed by atoms with E-state index in [0.29, 0.717) is 23.0 Å². The largest absolute Gasteiger partial charge is 0.357 e. The van der Waals surface area contributed by atoms with E-state index in [1.165, 1.54) is 0 Å². The Morgan fingerprint density at radius 3 is 2.70 bits per heavy atom. The molecule has 1 atom stereocenters. The van der Waals surface area contributed by atoms with Gasteiger partial charge in [-0.3, -0.25) is 9.79 Å². The molecule has 2 saturated heterocycles. The third-order valence-electron chi connectivity index (χ3n) is 5.08. The van der Waals surface area contributed by atoms with Crippen LogP contribution in [0.25, 0.3) is 0 Å². The zero-order chi connectivity index (χ0) is 18.6. The molecule has 1 aromatic rings. The van der Waals surface area contributed by atoms with Crippen molar-refractivity contribution in [2.24, 2.45) is 10.4 Å². The van der Waals surface area contributed by atoms with E-state index in [0.717, 1.165) is 57.0 Å². The van der Waals surface area contributed by atoms with Gasteiger partial charge < -0.3 is 15.5 Å². The average molecular weight is 525 g/mol. The molecule has 2 N–H and O–H groups in total. The highest BCUT2D eigenvalue weighted by atomic mass is 127. The molecule has 0 bridgehead atoms. The number of aliphatic imine (C=N–C) groups is 1. The standard InChI is InChI=1S/C19H26Cl2N4O.HI/c1-2-22-18(23-6-4-14-8-15(20)10-16(21)9-14)25-7-3-5-19(13-25)11-17(26)24-12-19;/h8-10H,2-7,11-13H2,1H3,(H,22,23)(H,24,26);1H. The molecule has 2 fully saturated rings. The number of hydrogen-bond donors (Lipinski definition) is 2. The van der Waals surface area contributed by atoms with Gasteiger partial charge in [-0.25, -0.2) is 0 Å². The lowest BCUT2D eigenvalue weighted by molar-refractivity contribution is -0.119. The minimum Gasteiger partial charge on any atom is -0.357 e. The second-order valence-corrected chi connectivity index (χ2v) is 8.11. The Morgan fingerprint density at radius 1 is 1.33 bits per heavy atom. The molecular weight excluding hydrogens is 498 g/mol. The number of likely N-dealkylation sites (tertiary alicyclic amines) is 1. The van der Waals surface area contributed by atoms with Crippen LogP contribution in [0.3, 0.4) is 0 Å². The number of rotatable bonds is 4. The molecule has 0 radical (unpaired) electrons. The van der Waals surface area contributed by atoms with Gasteiger partial charge in [0.05, 0.1) is 0 Å². The number of piperidine rings is 1. The normalized spacial score (nSPS) is 22.6. The first-order valence-corrected chi connectivity index (χ1v) is 10.0. The van der Waals surface area contributed by atoms with Crippen molar-refractivity contribution in [2.75, 3.05) is 32.7 Å². The molecule has 8 heteroatoms. The zero-order valence-corrected chi connectivity index (χ0v) is 19.4. The summed E-state index contributed by atoms with van der Waals surface area (Å²) >= 11 is 12.1. The first-order chi connectivity index (χ1) is 12.5. The maximum atomic E-state index is 11.7. The number of nitrogens with one attached hydrogen (secondary N) is 2. The van der Waals surface area contributed by atoms with Crippen molar-refractivity contribution in [3.05, 3.63) is 33.8 Å². The maximum absolute atomic E-state index is 11.7. The van der Waals surface area contributed by atoms with Gasteiger partial charge in [0.1, 0.15) is 0 Å². The number of nitrogens with zero attached hydrogens (tertiary/aromatic N) is 2. The van der Waals surface area contributed by atoms with Gasteiger partial charge in [-0.05, 0) is 49.9 Å². The molecule has 150 valence electrons. The summed E-state index contributed by atoms with van der Waals surface area (Å²) in [5.74, 6) is 1.10. The number of halogens is 3. The number of carbonyl (C=O) groups is 1. The summed E-state index contributed by atoms with van der Waals surface area (Å²) in [6.45, 7) is 6.20. The van der Waals surface area contributed by atoms with Crippen LogP contribution in [0.1, 0.15) is 31.7 Å². The molecule has 5 nitrogen and oxygen atoms in total. The Hall–Kier alpha value is -0.730. The second kappa shape index (κ2) is 10.2. The predicted molar refractivity (Wildman–Crippen MR) is 122 cm³/mol. The van der Waals surface area contributed by atoms with Crippen LogP contribution in [-0.4, -0.2) is 49.5 Å². The fraction of sp³-hybridized carbons (Fsp3) is 0.579. The predicted octanol–water partition coefficient (Wildman–Crippen LogP) is 3.72. The van der Waals surface area contributed by atoms with Gasteiger partial charge in [0.15, 0.2) is 5.96 Å². The van der Waals surface area contributed by atoms with Gasteiger partial charge in [0, 0.05) is 54.6 Å². The minimum absolute atomic E-state index is 0. The van der Waals surface area contributed by atoms with E-state index in [9.17, 15) is 4.79 Å². The van der Waals surface area contributed by atoms with Crippen LogP contribution >= 0.6 is 47.2 Å². The van der Waals surface area contributed by atoms with Crippen LogP contribution in [0.2, 0.25) is 10.0 Å². The molecule has 2 aliphatic rings. The summed E-state index contributed by atoms with van der Waals surface area (Å²) in [4.78, 5) is 18.8. The highest BCUT2D eigenvalue weighted by molar-refractivity contribution is 14.0. The molecule has 1 aromatic carbocycles. The van der Waals surface area contributed by atoms with Crippen molar-refractivity contribution in [3.63, 3.8) is 0 Å². The van der Waals surface area contributed by atoms with Gasteiger partial charge in [-0.2, -0.15) is 0 Å². The van der Waals surface area contributed by atoms with Crippen molar-refractivity contribution < 1.29 is 4.79 Å². The van der Waals surface area contributed by atoms with E-state index in [1.807, 2.05) is 12.1 Å². The van der Waals surface area contributed by atoms with Crippen LogP contribution < -0.4 is 10.6 Å². The molecular formula is C19H27Cl2IN4O. The van der Waals surface area contributed by atoms with Crippen LogP contribution in [0, 0.1) is 5.41 Å². The zero-order valence-electron chi connectivity index (χ0n) is 15.6. The van der Waals surface area contributed by atoms with Crippen molar-refractivity contribution >= 4 is 59.0 Å². The first-order valence-electron chi connectivity index (χ1n) is 9.25. The number of carbonyl (C=O) groups excluding carboxylic acids is 1. The van der Waals surface area contributed by atoms with Crippen molar-refractivity contribution in [1.29, 1.82) is 0 Å². The highest BCUT2D eigenvalue weighted by Gasteiger charge is 2.42. The summed E-state index contributed by atoms with van der Waals surface area (Å²) < 4.78 is 0. The molecule has 1 amide bonds. The van der Waals surface area contributed by atoms with Crippen LogP contribution in [0.5, 0.6) is 0 Å². The SMILES string of the molecule is CCNC(=NCCc1cc(Cl)cc(Cl)c1)N1CCCC2(CNC(=O)C2)C1.I. The summed E-state index contributed by atoms with van der Waals surface area (Å²) in [5.41, 5.74) is 1.15. The van der Waals surface area contributed by atoms with Gasteiger partial charge in [-0.1, -0.05) is 23.2 Å². The molecule has 2 aliphatic heterocycles. The maximum Gasteiger partial charge on any atom is 0.220 e. The molecule has 27 heavy (non-hydrogen) atoms. The van der Waals surface area contributed by atoms with Crippen molar-refractivity contribution in [1.82, 2.24) is 15.5 Å². The fourth-order valence-corrected chi connectivity index (χ4v) is 4.47. The number of amides is 1. The van der Waals surface area contributed by atoms with Crippen molar-refractivity contribution in [3.8, 4) is 0 Å². The second-order valence-electron chi connectivity index (χ2n) is 7.24. The Labute approximate surface area is 188 Å². The molecule has 0 aliphatic carbocycles. The molecule has 0 aromatic heterocycles. The van der Waals surface area contributed by atoms with E-state index in [1.54, 1.807) is 6.07 Å². The Kier molecular flexibility index (Phi) is 8.49. The minimum atomic E-state index is 0. The molecule has 1 spiro atoms. The van der Waals surface area contributed by atoms with E-state index in [-0.39, 0.29) is 35.3 Å². The first kappa shape index (κ1) is 22.6. The molecule has 1 unspecified atom stereocenters. The van der Waals surface area contributed by atoms with Crippen LogP contribution in [0.4, 0.5) is 0 Å². The lowest BCUT2D eigenvalue weighted by atomic mass is 9.79. The summed E-state index contributed by atoms with van der Waals surface area (Å²) in [5, 5.41) is 7.70. The van der Waals surface area contributed by atoms with E-state index < -0.39 is 0 Å². The van der Waals surface area contributed by atoms with Gasteiger partial charge in [-0.15, -0.1) is 24.0 Å². The lowest BCUT2D eigenvalue weighted by Gasteiger charge is -2.40. The Morgan fingerprint density at radius 2 is 2.07 bits per heavy atom. The molecule has 0 saturated carbocycles. The van der Waals surface area contributed by atoms with Gasteiger partial charge in [0.2, 0.25) is 5.91 Å². The van der Waals surface area contributed by atoms with E-state index in [4.69, 9.17) is 28.2 Å². The third-order valence-corrected chi connectivity index (χ3v) is 5.51. The quantitative estimate of drug-likeness (QED) is 0.358. The Bertz CT molecular complexity index is 680. The number of guanidine groups is 1. The third kappa shape index (κ3) is 6.12. The lowest BCUT2D eigenvalue weighted by Crippen LogP contribution is -2.51.